The van der Waals surface area contributed by atoms with E-state index in [1.807, 2.05) is 4.90 Å². The third kappa shape index (κ3) is 4.55. The number of carboxylic acids is 1. The summed E-state index contributed by atoms with van der Waals surface area (Å²) in [5.74, 6) is -0.432. The lowest BCUT2D eigenvalue weighted by atomic mass is 10.2. The lowest BCUT2D eigenvalue weighted by Crippen LogP contribution is -2.52. The third-order valence-corrected chi connectivity index (χ3v) is 5.15. The Labute approximate surface area is 108 Å². The summed E-state index contributed by atoms with van der Waals surface area (Å²) in [5, 5.41) is 8.91. The van der Waals surface area contributed by atoms with Crippen LogP contribution in [0.15, 0.2) is 0 Å². The van der Waals surface area contributed by atoms with Crippen LogP contribution in [0.5, 0.6) is 0 Å². The molecule has 0 bridgehead atoms. The van der Waals surface area contributed by atoms with Gasteiger partial charge in [0.05, 0.1) is 5.75 Å². The van der Waals surface area contributed by atoms with Crippen molar-refractivity contribution >= 4 is 15.8 Å². The molecule has 1 atom stereocenters. The van der Waals surface area contributed by atoms with Gasteiger partial charge < -0.3 is 5.11 Å². The van der Waals surface area contributed by atoms with Gasteiger partial charge in [-0.1, -0.05) is 6.92 Å². The molecule has 106 valence electrons. The van der Waals surface area contributed by atoms with Gasteiger partial charge in [-0.25, -0.2) is 8.42 Å². The second-order valence-corrected chi connectivity index (χ2v) is 7.10. The number of hydrogen-bond acceptors (Lipinski definition) is 5. The summed E-state index contributed by atoms with van der Waals surface area (Å²) in [5.41, 5.74) is 0. The van der Waals surface area contributed by atoms with Crippen LogP contribution in [-0.2, 0) is 14.6 Å². The molecule has 1 aliphatic heterocycles. The number of aliphatic carboxylic acids is 1. The Morgan fingerprint density at radius 2 is 1.83 bits per heavy atom. The minimum Gasteiger partial charge on any atom is -0.480 e. The first-order valence-electron chi connectivity index (χ1n) is 6.25. The molecular formula is C11H22N2O4S. The molecule has 1 unspecified atom stereocenters. The van der Waals surface area contributed by atoms with E-state index >= 15 is 0 Å². The third-order valence-electron chi connectivity index (χ3n) is 3.47. The van der Waals surface area contributed by atoms with E-state index in [2.05, 4.69) is 4.90 Å². The van der Waals surface area contributed by atoms with Crippen LogP contribution in [0.25, 0.3) is 0 Å². The van der Waals surface area contributed by atoms with Crippen molar-refractivity contribution in [3.05, 3.63) is 0 Å². The molecule has 1 saturated heterocycles. The standard InChI is InChI=1S/C11H22N2O4S/c1-3-18(16,17)9-8-12-4-6-13(7-5-12)10(2)11(14)15/h10H,3-9H2,1-2H3,(H,14,15). The number of nitrogens with zero attached hydrogens (tertiary/aromatic N) is 2. The molecular weight excluding hydrogens is 256 g/mol. The Hall–Kier alpha value is -0.660. The molecule has 1 heterocycles. The first kappa shape index (κ1) is 15.4. The van der Waals surface area contributed by atoms with E-state index in [0.717, 1.165) is 13.1 Å². The summed E-state index contributed by atoms with van der Waals surface area (Å²) < 4.78 is 22.8. The molecule has 0 amide bonds. The monoisotopic (exact) mass is 278 g/mol. The second kappa shape index (κ2) is 6.49. The molecule has 0 aromatic rings. The van der Waals surface area contributed by atoms with Gasteiger partial charge in [0.25, 0.3) is 0 Å². The fourth-order valence-corrected chi connectivity index (χ4v) is 2.77. The number of carbonyl (C=O) groups is 1. The fourth-order valence-electron chi connectivity index (χ4n) is 1.94. The maximum Gasteiger partial charge on any atom is 0.320 e. The van der Waals surface area contributed by atoms with Crippen molar-refractivity contribution in [1.29, 1.82) is 0 Å². The zero-order valence-corrected chi connectivity index (χ0v) is 11.8. The van der Waals surface area contributed by atoms with Crippen molar-refractivity contribution in [2.24, 2.45) is 0 Å². The van der Waals surface area contributed by atoms with Crippen LogP contribution >= 0.6 is 0 Å². The maximum absolute atomic E-state index is 11.4. The molecule has 0 aromatic heterocycles. The van der Waals surface area contributed by atoms with E-state index in [1.54, 1.807) is 13.8 Å². The van der Waals surface area contributed by atoms with Gasteiger partial charge >= 0.3 is 5.97 Å². The van der Waals surface area contributed by atoms with Crippen LogP contribution in [0.2, 0.25) is 0 Å². The predicted molar refractivity (Wildman–Crippen MR) is 69.4 cm³/mol. The van der Waals surface area contributed by atoms with E-state index in [-0.39, 0.29) is 11.5 Å². The van der Waals surface area contributed by atoms with Gasteiger partial charge in [-0.2, -0.15) is 0 Å². The molecule has 7 heteroatoms. The smallest absolute Gasteiger partial charge is 0.320 e. The molecule has 0 saturated carbocycles. The van der Waals surface area contributed by atoms with Gasteiger partial charge in [-0.3, -0.25) is 14.6 Å². The Kier molecular flexibility index (Phi) is 5.55. The van der Waals surface area contributed by atoms with Crippen LogP contribution in [0.1, 0.15) is 13.8 Å². The molecule has 1 rings (SSSR count). The lowest BCUT2D eigenvalue weighted by molar-refractivity contribution is -0.143. The molecule has 1 fully saturated rings. The second-order valence-electron chi connectivity index (χ2n) is 4.63. The highest BCUT2D eigenvalue weighted by atomic mass is 32.2. The zero-order valence-electron chi connectivity index (χ0n) is 11.0. The minimum atomic E-state index is -2.91. The molecule has 0 aromatic carbocycles. The normalized spacial score (nSPS) is 20.8. The van der Waals surface area contributed by atoms with E-state index in [4.69, 9.17) is 5.11 Å². The Morgan fingerprint density at radius 1 is 1.28 bits per heavy atom. The number of rotatable bonds is 6. The highest BCUT2D eigenvalue weighted by Crippen LogP contribution is 2.06. The van der Waals surface area contributed by atoms with Gasteiger partial charge in [0.15, 0.2) is 9.84 Å². The highest BCUT2D eigenvalue weighted by Gasteiger charge is 2.25. The molecule has 0 radical (unpaired) electrons. The van der Waals surface area contributed by atoms with Gasteiger partial charge in [-0.05, 0) is 6.92 Å². The SMILES string of the molecule is CCS(=O)(=O)CCN1CCN(C(C)C(=O)O)CC1. The highest BCUT2D eigenvalue weighted by molar-refractivity contribution is 7.91. The predicted octanol–water partition coefficient (Wildman–Crippen LogP) is -0.488. The maximum atomic E-state index is 11.4. The summed E-state index contributed by atoms with van der Waals surface area (Å²) in [6, 6.07) is -0.466. The van der Waals surface area contributed by atoms with Crippen molar-refractivity contribution in [2.75, 3.05) is 44.2 Å². The van der Waals surface area contributed by atoms with E-state index < -0.39 is 21.8 Å². The first-order valence-corrected chi connectivity index (χ1v) is 8.07. The number of piperazine rings is 1. The summed E-state index contributed by atoms with van der Waals surface area (Å²) in [6.07, 6.45) is 0. The van der Waals surface area contributed by atoms with Gasteiger partial charge in [0.2, 0.25) is 0 Å². The first-order chi connectivity index (χ1) is 8.35. The van der Waals surface area contributed by atoms with Crippen molar-refractivity contribution in [3.63, 3.8) is 0 Å². The molecule has 0 spiro atoms. The van der Waals surface area contributed by atoms with E-state index in [0.29, 0.717) is 19.6 Å². The minimum absolute atomic E-state index is 0.184. The van der Waals surface area contributed by atoms with Crippen molar-refractivity contribution in [3.8, 4) is 0 Å². The van der Waals surface area contributed by atoms with E-state index in [9.17, 15) is 13.2 Å². The van der Waals surface area contributed by atoms with Gasteiger partial charge in [0.1, 0.15) is 6.04 Å². The Balaban J connectivity index is 2.34. The summed E-state index contributed by atoms with van der Waals surface area (Å²) in [7, 11) is -2.91. The van der Waals surface area contributed by atoms with Crippen LogP contribution in [0, 0.1) is 0 Å². The number of hydrogen-bond donors (Lipinski definition) is 1. The van der Waals surface area contributed by atoms with Crippen molar-refractivity contribution < 1.29 is 18.3 Å². The summed E-state index contributed by atoms with van der Waals surface area (Å²) >= 11 is 0. The van der Waals surface area contributed by atoms with Gasteiger partial charge in [-0.15, -0.1) is 0 Å². The van der Waals surface area contributed by atoms with Crippen molar-refractivity contribution in [1.82, 2.24) is 9.80 Å². The van der Waals surface area contributed by atoms with Crippen LogP contribution in [0.4, 0.5) is 0 Å². The van der Waals surface area contributed by atoms with E-state index in [1.165, 1.54) is 0 Å². The molecule has 0 aliphatic carbocycles. The largest absolute Gasteiger partial charge is 0.480 e. The van der Waals surface area contributed by atoms with Crippen LogP contribution in [0.3, 0.4) is 0 Å². The summed E-state index contributed by atoms with van der Waals surface area (Å²) in [4.78, 5) is 14.8. The van der Waals surface area contributed by atoms with Crippen molar-refractivity contribution in [2.45, 2.75) is 19.9 Å². The quantitative estimate of drug-likeness (QED) is 0.706. The molecule has 1 aliphatic rings. The Morgan fingerprint density at radius 3 is 2.28 bits per heavy atom. The zero-order chi connectivity index (χ0) is 13.8. The number of carboxylic acid groups (broad SMARTS) is 1. The molecule has 1 N–H and O–H groups in total. The average molecular weight is 278 g/mol. The number of sulfone groups is 1. The van der Waals surface area contributed by atoms with Crippen LogP contribution in [-0.4, -0.2) is 79.6 Å². The fraction of sp³-hybridized carbons (Fsp3) is 0.909. The van der Waals surface area contributed by atoms with Gasteiger partial charge in [0, 0.05) is 38.5 Å². The molecule has 18 heavy (non-hydrogen) atoms. The molecule has 6 nitrogen and oxygen atoms in total. The lowest BCUT2D eigenvalue weighted by Gasteiger charge is -2.36. The Bertz CT molecular complexity index is 375. The summed E-state index contributed by atoms with van der Waals surface area (Å²) in [6.45, 7) is 6.71. The van der Waals surface area contributed by atoms with Crippen LogP contribution < -0.4 is 0 Å². The topological polar surface area (TPSA) is 77.9 Å². The average Bonchev–Trinajstić information content (AvgIpc) is 2.36.